The lowest BCUT2D eigenvalue weighted by molar-refractivity contribution is -0.274. The number of benzene rings is 1. The first-order chi connectivity index (χ1) is 13.1. The summed E-state index contributed by atoms with van der Waals surface area (Å²) < 4.78 is 42.6. The Bertz CT molecular complexity index is 1020. The number of aromatic hydroxyl groups is 1. The van der Waals surface area contributed by atoms with Gasteiger partial charge >= 0.3 is 6.36 Å². The SMILES string of the molecule is CC1(O)CC(Nc2nnc(-c3ccc(OC(F)(F)F)cc3O)c3cccn23)C1. The fraction of sp³-hybridized carbons (Fsp3) is 0.333. The third-order valence-corrected chi connectivity index (χ3v) is 4.63. The summed E-state index contributed by atoms with van der Waals surface area (Å²) >= 11 is 0. The van der Waals surface area contributed by atoms with E-state index in [2.05, 4.69) is 20.3 Å². The number of nitrogens with zero attached hydrogens (tertiary/aromatic N) is 3. The molecule has 1 fully saturated rings. The Kier molecular flexibility index (Phi) is 4.11. The van der Waals surface area contributed by atoms with Gasteiger partial charge in [-0.25, -0.2) is 0 Å². The minimum atomic E-state index is -4.85. The Hall–Kier alpha value is -3.01. The first kappa shape index (κ1) is 18.4. The molecule has 1 saturated carbocycles. The van der Waals surface area contributed by atoms with Gasteiger partial charge in [0.05, 0.1) is 11.1 Å². The highest BCUT2D eigenvalue weighted by molar-refractivity contribution is 5.81. The van der Waals surface area contributed by atoms with Crippen LogP contribution in [0.25, 0.3) is 16.8 Å². The molecular formula is C18H17F3N4O3. The van der Waals surface area contributed by atoms with Crippen LogP contribution < -0.4 is 10.1 Å². The summed E-state index contributed by atoms with van der Waals surface area (Å²) in [6.45, 7) is 1.76. The molecule has 1 aliphatic rings. The number of ether oxygens (including phenoxy) is 1. The molecule has 0 radical (unpaired) electrons. The van der Waals surface area contributed by atoms with Crippen molar-refractivity contribution in [2.24, 2.45) is 0 Å². The lowest BCUT2D eigenvalue weighted by Gasteiger charge is -2.41. The summed E-state index contributed by atoms with van der Waals surface area (Å²) in [6.07, 6.45) is -1.92. The lowest BCUT2D eigenvalue weighted by Crippen LogP contribution is -2.48. The van der Waals surface area contributed by atoms with Crippen LogP contribution in [-0.4, -0.2) is 42.8 Å². The predicted molar refractivity (Wildman–Crippen MR) is 94.0 cm³/mol. The maximum absolute atomic E-state index is 12.3. The van der Waals surface area contributed by atoms with Gasteiger partial charge in [-0.3, -0.25) is 4.40 Å². The molecule has 0 spiro atoms. The minimum Gasteiger partial charge on any atom is -0.507 e. The first-order valence-corrected chi connectivity index (χ1v) is 8.53. The number of anilines is 1. The van der Waals surface area contributed by atoms with Crippen molar-refractivity contribution in [2.45, 2.75) is 37.8 Å². The lowest BCUT2D eigenvalue weighted by atomic mass is 9.77. The highest BCUT2D eigenvalue weighted by Gasteiger charge is 2.38. The van der Waals surface area contributed by atoms with Gasteiger partial charge in [-0.05, 0) is 44.0 Å². The van der Waals surface area contributed by atoms with Gasteiger partial charge in [0.15, 0.2) is 0 Å². The first-order valence-electron chi connectivity index (χ1n) is 8.53. The fourth-order valence-electron chi connectivity index (χ4n) is 3.44. The molecule has 28 heavy (non-hydrogen) atoms. The zero-order valence-electron chi connectivity index (χ0n) is 14.7. The summed E-state index contributed by atoms with van der Waals surface area (Å²) in [5.74, 6) is -0.459. The van der Waals surface area contributed by atoms with Crippen LogP contribution in [0.3, 0.4) is 0 Å². The van der Waals surface area contributed by atoms with Crippen LogP contribution in [0.5, 0.6) is 11.5 Å². The normalized spacial score (nSPS) is 22.1. The average Bonchev–Trinajstić information content (AvgIpc) is 3.02. The number of hydrogen-bond donors (Lipinski definition) is 3. The number of nitrogens with one attached hydrogen (secondary N) is 1. The maximum Gasteiger partial charge on any atom is 0.573 e. The molecule has 148 valence electrons. The van der Waals surface area contributed by atoms with Gasteiger partial charge in [0.1, 0.15) is 17.2 Å². The van der Waals surface area contributed by atoms with Gasteiger partial charge in [0.25, 0.3) is 0 Å². The van der Waals surface area contributed by atoms with Crippen LogP contribution in [0.2, 0.25) is 0 Å². The van der Waals surface area contributed by atoms with Crippen LogP contribution in [-0.2, 0) is 0 Å². The molecule has 1 aromatic carbocycles. The second-order valence-electron chi connectivity index (χ2n) is 7.11. The number of phenols is 1. The molecule has 3 N–H and O–H groups in total. The van der Waals surface area contributed by atoms with Gasteiger partial charge in [-0.2, -0.15) is 0 Å². The molecule has 0 unspecified atom stereocenters. The van der Waals surface area contributed by atoms with Crippen molar-refractivity contribution in [1.29, 1.82) is 0 Å². The molecule has 0 atom stereocenters. The Labute approximate surface area is 157 Å². The summed E-state index contributed by atoms with van der Waals surface area (Å²) in [5, 5.41) is 31.6. The highest BCUT2D eigenvalue weighted by Crippen LogP contribution is 2.37. The molecule has 7 nitrogen and oxygen atoms in total. The van der Waals surface area contributed by atoms with Crippen LogP contribution in [0.4, 0.5) is 19.1 Å². The van der Waals surface area contributed by atoms with E-state index in [0.717, 1.165) is 12.1 Å². The number of fused-ring (bicyclic) bond motifs is 1. The maximum atomic E-state index is 12.3. The quantitative estimate of drug-likeness (QED) is 0.629. The predicted octanol–water partition coefficient (Wildman–Crippen LogP) is 3.33. The van der Waals surface area contributed by atoms with Gasteiger partial charge in [-0.15, -0.1) is 23.4 Å². The van der Waals surface area contributed by atoms with E-state index in [1.54, 1.807) is 29.7 Å². The fourth-order valence-corrected chi connectivity index (χ4v) is 3.44. The molecule has 4 rings (SSSR count). The van der Waals surface area contributed by atoms with E-state index in [1.807, 2.05) is 0 Å². The van der Waals surface area contributed by atoms with Crippen LogP contribution in [0.15, 0.2) is 36.5 Å². The smallest absolute Gasteiger partial charge is 0.507 e. The van der Waals surface area contributed by atoms with Crippen LogP contribution in [0, 0.1) is 0 Å². The highest BCUT2D eigenvalue weighted by atomic mass is 19.4. The van der Waals surface area contributed by atoms with Crippen LogP contribution in [0.1, 0.15) is 19.8 Å². The van der Waals surface area contributed by atoms with Crippen molar-refractivity contribution in [2.75, 3.05) is 5.32 Å². The van der Waals surface area contributed by atoms with E-state index >= 15 is 0 Å². The molecule has 10 heteroatoms. The van der Waals surface area contributed by atoms with Crippen molar-refractivity contribution >= 4 is 11.5 Å². The van der Waals surface area contributed by atoms with Crippen molar-refractivity contribution in [3.05, 3.63) is 36.5 Å². The van der Waals surface area contributed by atoms with Gasteiger partial charge in [-0.1, -0.05) is 0 Å². The Balaban J connectivity index is 1.65. The van der Waals surface area contributed by atoms with Crippen molar-refractivity contribution in [3.8, 4) is 22.8 Å². The van der Waals surface area contributed by atoms with E-state index in [-0.39, 0.29) is 11.6 Å². The average molecular weight is 394 g/mol. The van der Waals surface area contributed by atoms with Gasteiger partial charge in [0, 0.05) is 23.9 Å². The third kappa shape index (κ3) is 3.55. The summed E-state index contributed by atoms with van der Waals surface area (Å²) in [5.41, 5.74) is 0.465. The molecule has 0 amide bonds. The molecule has 1 aliphatic carbocycles. The number of hydrogen-bond acceptors (Lipinski definition) is 6. The van der Waals surface area contributed by atoms with Gasteiger partial charge < -0.3 is 20.3 Å². The van der Waals surface area contributed by atoms with Crippen molar-refractivity contribution in [1.82, 2.24) is 14.6 Å². The molecule has 0 bridgehead atoms. The number of alkyl halides is 3. The molecule has 3 aromatic rings. The van der Waals surface area contributed by atoms with E-state index in [1.165, 1.54) is 6.07 Å². The van der Waals surface area contributed by atoms with Crippen molar-refractivity contribution < 1.29 is 28.1 Å². The number of rotatable bonds is 4. The van der Waals surface area contributed by atoms with E-state index < -0.39 is 23.5 Å². The Morgan fingerprint density at radius 2 is 2.00 bits per heavy atom. The summed E-state index contributed by atoms with van der Waals surface area (Å²) in [7, 11) is 0. The zero-order chi connectivity index (χ0) is 20.1. The van der Waals surface area contributed by atoms with Crippen LogP contribution >= 0.6 is 0 Å². The molecule has 0 aliphatic heterocycles. The van der Waals surface area contributed by atoms with E-state index in [4.69, 9.17) is 0 Å². The second-order valence-corrected chi connectivity index (χ2v) is 7.11. The monoisotopic (exact) mass is 394 g/mol. The van der Waals surface area contributed by atoms with E-state index in [9.17, 15) is 23.4 Å². The topological polar surface area (TPSA) is 91.9 Å². The Morgan fingerprint density at radius 1 is 1.25 bits per heavy atom. The molecular weight excluding hydrogens is 377 g/mol. The summed E-state index contributed by atoms with van der Waals surface area (Å²) in [4.78, 5) is 0. The second kappa shape index (κ2) is 6.26. The number of aromatic nitrogens is 3. The minimum absolute atomic E-state index is 0.0629. The molecule has 2 aromatic heterocycles. The Morgan fingerprint density at radius 3 is 2.64 bits per heavy atom. The number of aliphatic hydroxyl groups is 1. The van der Waals surface area contributed by atoms with Crippen molar-refractivity contribution in [3.63, 3.8) is 0 Å². The van der Waals surface area contributed by atoms with Gasteiger partial charge in [0.2, 0.25) is 5.95 Å². The number of halogens is 3. The zero-order valence-corrected chi connectivity index (χ0v) is 14.7. The molecule has 0 saturated heterocycles. The third-order valence-electron chi connectivity index (χ3n) is 4.63. The number of phenolic OH excluding ortho intramolecular Hbond substituents is 1. The molecule has 2 heterocycles. The largest absolute Gasteiger partial charge is 0.573 e. The standard InChI is InChI=1S/C18H17F3N4O3/c1-17(27)8-10(9-17)22-16-24-23-15(13-3-2-6-25(13)16)12-5-4-11(7-14(12)26)28-18(19,20)21/h2-7,10,26-27H,8-9H2,1H3,(H,22,24). The van der Waals surface area contributed by atoms with E-state index in [0.29, 0.717) is 30.0 Å². The summed E-state index contributed by atoms with van der Waals surface area (Å²) in [6, 6.07) is 6.87.